The summed E-state index contributed by atoms with van der Waals surface area (Å²) in [5.74, 6) is -0.550. The molecule has 6 nitrogen and oxygen atoms in total. The summed E-state index contributed by atoms with van der Waals surface area (Å²) in [6.45, 7) is 3.69. The minimum atomic E-state index is -0.625. The molecule has 0 aliphatic carbocycles. The Bertz CT molecular complexity index is 712. The SMILES string of the molecule is CN(CC(O)CN1CCOCC1)C(=O)c1c[nH]c2cc(F)ccc12. The van der Waals surface area contributed by atoms with Crippen molar-refractivity contribution in [2.75, 3.05) is 46.4 Å². The van der Waals surface area contributed by atoms with Crippen LogP contribution in [-0.2, 0) is 4.74 Å². The zero-order valence-electron chi connectivity index (χ0n) is 13.7. The summed E-state index contributed by atoms with van der Waals surface area (Å²) in [6.07, 6.45) is 0.955. The summed E-state index contributed by atoms with van der Waals surface area (Å²) in [7, 11) is 1.66. The van der Waals surface area contributed by atoms with Gasteiger partial charge in [-0.3, -0.25) is 9.69 Å². The largest absolute Gasteiger partial charge is 0.390 e. The first-order valence-corrected chi connectivity index (χ1v) is 8.05. The topological polar surface area (TPSA) is 68.8 Å². The van der Waals surface area contributed by atoms with Crippen molar-refractivity contribution in [3.63, 3.8) is 0 Å². The molecule has 0 spiro atoms. The zero-order valence-corrected chi connectivity index (χ0v) is 13.7. The summed E-state index contributed by atoms with van der Waals surface area (Å²) in [4.78, 5) is 19.1. The monoisotopic (exact) mass is 335 g/mol. The second kappa shape index (κ2) is 7.29. The molecule has 1 fully saturated rings. The van der Waals surface area contributed by atoms with Gasteiger partial charge in [-0.1, -0.05) is 0 Å². The maximum atomic E-state index is 13.2. The Morgan fingerprint density at radius 3 is 2.96 bits per heavy atom. The van der Waals surface area contributed by atoms with E-state index >= 15 is 0 Å². The average molecular weight is 335 g/mol. The van der Waals surface area contributed by atoms with E-state index in [-0.39, 0.29) is 18.3 Å². The van der Waals surface area contributed by atoms with Crippen LogP contribution in [-0.4, -0.2) is 78.3 Å². The van der Waals surface area contributed by atoms with Gasteiger partial charge in [-0.05, 0) is 18.2 Å². The molecule has 3 rings (SSSR count). The Morgan fingerprint density at radius 2 is 2.21 bits per heavy atom. The number of aliphatic hydroxyl groups is 1. The van der Waals surface area contributed by atoms with Crippen molar-refractivity contribution < 1.29 is 19.0 Å². The van der Waals surface area contributed by atoms with E-state index in [0.29, 0.717) is 36.2 Å². The number of fused-ring (bicyclic) bond motifs is 1. The number of H-pyrrole nitrogens is 1. The number of morpholine rings is 1. The molecule has 2 heterocycles. The van der Waals surface area contributed by atoms with Gasteiger partial charge in [0.15, 0.2) is 0 Å². The van der Waals surface area contributed by atoms with Gasteiger partial charge in [0.2, 0.25) is 0 Å². The maximum Gasteiger partial charge on any atom is 0.255 e. The van der Waals surface area contributed by atoms with Gasteiger partial charge in [0.25, 0.3) is 5.91 Å². The van der Waals surface area contributed by atoms with Crippen LogP contribution in [0.1, 0.15) is 10.4 Å². The van der Waals surface area contributed by atoms with Gasteiger partial charge in [-0.25, -0.2) is 4.39 Å². The number of β-amino-alcohol motifs (C(OH)–C–C–N with tert-alkyl or cyclic N) is 1. The van der Waals surface area contributed by atoms with Gasteiger partial charge in [0.1, 0.15) is 5.82 Å². The summed E-state index contributed by atoms with van der Waals surface area (Å²) in [6, 6.07) is 4.28. The van der Waals surface area contributed by atoms with Gasteiger partial charge < -0.3 is 19.7 Å². The second-order valence-corrected chi connectivity index (χ2v) is 6.14. The lowest BCUT2D eigenvalue weighted by atomic mass is 10.1. The smallest absolute Gasteiger partial charge is 0.255 e. The predicted octanol–water partition coefficient (Wildman–Crippen LogP) is 1.07. The van der Waals surface area contributed by atoms with E-state index in [1.165, 1.54) is 17.0 Å². The van der Waals surface area contributed by atoms with Gasteiger partial charge in [0, 0.05) is 50.3 Å². The molecule has 0 bridgehead atoms. The van der Waals surface area contributed by atoms with Crippen LogP contribution >= 0.6 is 0 Å². The molecule has 2 aromatic rings. The molecule has 1 saturated heterocycles. The van der Waals surface area contributed by atoms with E-state index < -0.39 is 6.10 Å². The van der Waals surface area contributed by atoms with Crippen molar-refractivity contribution in [2.24, 2.45) is 0 Å². The number of hydrogen-bond donors (Lipinski definition) is 2. The van der Waals surface area contributed by atoms with Crippen LogP contribution in [0.15, 0.2) is 24.4 Å². The number of aliphatic hydroxyl groups excluding tert-OH is 1. The molecule has 1 aliphatic rings. The summed E-state index contributed by atoms with van der Waals surface area (Å²) >= 11 is 0. The van der Waals surface area contributed by atoms with Crippen LogP contribution in [0.3, 0.4) is 0 Å². The molecule has 1 atom stereocenters. The third-order valence-electron chi connectivity index (χ3n) is 4.28. The number of benzene rings is 1. The van der Waals surface area contributed by atoms with E-state index in [0.717, 1.165) is 13.1 Å². The summed E-state index contributed by atoms with van der Waals surface area (Å²) in [5, 5.41) is 10.9. The number of rotatable bonds is 5. The molecule has 24 heavy (non-hydrogen) atoms. The fraction of sp³-hybridized carbons (Fsp3) is 0.471. The van der Waals surface area contributed by atoms with E-state index in [2.05, 4.69) is 9.88 Å². The van der Waals surface area contributed by atoms with E-state index in [1.54, 1.807) is 19.3 Å². The van der Waals surface area contributed by atoms with Crippen molar-refractivity contribution >= 4 is 16.8 Å². The highest BCUT2D eigenvalue weighted by Crippen LogP contribution is 2.20. The fourth-order valence-electron chi connectivity index (χ4n) is 3.02. The molecule has 1 unspecified atom stereocenters. The lowest BCUT2D eigenvalue weighted by Gasteiger charge is -2.30. The second-order valence-electron chi connectivity index (χ2n) is 6.14. The van der Waals surface area contributed by atoms with Crippen LogP contribution in [0.5, 0.6) is 0 Å². The molecule has 130 valence electrons. The third kappa shape index (κ3) is 3.75. The number of nitrogens with zero attached hydrogens (tertiary/aromatic N) is 2. The number of likely N-dealkylation sites (N-methyl/N-ethyl adjacent to an activating group) is 1. The molecular formula is C17H22FN3O3. The van der Waals surface area contributed by atoms with E-state index in [9.17, 15) is 14.3 Å². The summed E-state index contributed by atoms with van der Waals surface area (Å²) < 4.78 is 18.5. The number of carbonyl (C=O) groups is 1. The van der Waals surface area contributed by atoms with Crippen molar-refractivity contribution in [2.45, 2.75) is 6.10 Å². The van der Waals surface area contributed by atoms with Crippen molar-refractivity contribution in [3.05, 3.63) is 35.8 Å². The summed E-state index contributed by atoms with van der Waals surface area (Å²) in [5.41, 5.74) is 1.06. The first-order valence-electron chi connectivity index (χ1n) is 8.05. The standard InChI is InChI=1S/C17H22FN3O3/c1-20(10-13(22)11-21-4-6-24-7-5-21)17(23)15-9-19-16-8-12(18)2-3-14(15)16/h2-3,8-9,13,19,22H,4-7,10-11H2,1H3. The first-order chi connectivity index (χ1) is 11.5. The molecule has 1 aliphatic heterocycles. The molecule has 0 saturated carbocycles. The number of nitrogens with one attached hydrogen (secondary N) is 1. The Labute approximate surface area is 139 Å². The molecular weight excluding hydrogens is 313 g/mol. The molecule has 7 heteroatoms. The Hall–Kier alpha value is -1.96. The van der Waals surface area contributed by atoms with Gasteiger partial charge in [0.05, 0.1) is 24.9 Å². The average Bonchev–Trinajstić information content (AvgIpc) is 2.97. The van der Waals surface area contributed by atoms with Gasteiger partial charge in [-0.15, -0.1) is 0 Å². The van der Waals surface area contributed by atoms with Crippen molar-refractivity contribution in [3.8, 4) is 0 Å². The predicted molar refractivity (Wildman–Crippen MR) is 88.5 cm³/mol. The Morgan fingerprint density at radius 1 is 1.46 bits per heavy atom. The fourth-order valence-corrected chi connectivity index (χ4v) is 3.02. The number of hydrogen-bond acceptors (Lipinski definition) is 4. The number of amides is 1. The number of halogens is 1. The van der Waals surface area contributed by atoms with Crippen LogP contribution < -0.4 is 0 Å². The quantitative estimate of drug-likeness (QED) is 0.858. The van der Waals surface area contributed by atoms with Crippen molar-refractivity contribution in [1.82, 2.24) is 14.8 Å². The highest BCUT2D eigenvalue weighted by atomic mass is 19.1. The lowest BCUT2D eigenvalue weighted by Crippen LogP contribution is -2.45. The lowest BCUT2D eigenvalue weighted by molar-refractivity contribution is 0.00880. The molecule has 2 N–H and O–H groups in total. The van der Waals surface area contributed by atoms with Crippen molar-refractivity contribution in [1.29, 1.82) is 0 Å². The number of carbonyl (C=O) groups excluding carboxylic acids is 1. The highest BCUT2D eigenvalue weighted by molar-refractivity contribution is 6.06. The van der Waals surface area contributed by atoms with Crippen LogP contribution in [0.25, 0.3) is 10.9 Å². The Balaban J connectivity index is 1.63. The maximum absolute atomic E-state index is 13.2. The third-order valence-corrected chi connectivity index (χ3v) is 4.28. The van der Waals surface area contributed by atoms with Gasteiger partial charge in [-0.2, -0.15) is 0 Å². The zero-order chi connectivity index (χ0) is 17.1. The van der Waals surface area contributed by atoms with Crippen LogP contribution in [0.2, 0.25) is 0 Å². The highest BCUT2D eigenvalue weighted by Gasteiger charge is 2.21. The minimum Gasteiger partial charge on any atom is -0.390 e. The normalized spacial score (nSPS) is 17.1. The molecule has 0 radical (unpaired) electrons. The van der Waals surface area contributed by atoms with E-state index in [1.807, 2.05) is 0 Å². The Kier molecular flexibility index (Phi) is 5.13. The molecule has 1 amide bonds. The molecule has 1 aromatic carbocycles. The minimum absolute atomic E-state index is 0.200. The van der Waals surface area contributed by atoms with Crippen LogP contribution in [0.4, 0.5) is 4.39 Å². The van der Waals surface area contributed by atoms with Gasteiger partial charge >= 0.3 is 0 Å². The van der Waals surface area contributed by atoms with E-state index in [4.69, 9.17) is 4.74 Å². The van der Waals surface area contributed by atoms with Crippen LogP contribution in [0, 0.1) is 5.82 Å². The first kappa shape index (κ1) is 16.9. The number of aromatic nitrogens is 1. The number of aromatic amines is 1. The number of ether oxygens (including phenoxy) is 1. The molecule has 1 aromatic heterocycles.